The predicted octanol–water partition coefficient (Wildman–Crippen LogP) is 6.72. The second-order valence-electron chi connectivity index (χ2n) is 7.70. The molecular formula is C23H22ClF2NO2. The predicted molar refractivity (Wildman–Crippen MR) is 108 cm³/mol. The van der Waals surface area contributed by atoms with Gasteiger partial charge in [0, 0.05) is 7.11 Å². The molecule has 0 amide bonds. The van der Waals surface area contributed by atoms with Gasteiger partial charge < -0.3 is 9.47 Å². The third-order valence-electron chi connectivity index (χ3n) is 5.55. The zero-order valence-electron chi connectivity index (χ0n) is 16.4. The number of ether oxygens (including phenoxy) is 2. The zero-order chi connectivity index (χ0) is 21.2. The van der Waals surface area contributed by atoms with Gasteiger partial charge in [-0.25, -0.2) is 0 Å². The highest BCUT2D eigenvalue weighted by molar-refractivity contribution is 6.30. The molecular weight excluding hydrogens is 396 g/mol. The number of methoxy groups -OCH3 is 1. The van der Waals surface area contributed by atoms with Gasteiger partial charge in [0.2, 0.25) is 0 Å². The molecule has 29 heavy (non-hydrogen) atoms. The van der Waals surface area contributed by atoms with E-state index in [4.69, 9.17) is 16.3 Å². The number of nitriles is 1. The van der Waals surface area contributed by atoms with E-state index in [2.05, 4.69) is 10.8 Å². The Kier molecular flexibility index (Phi) is 5.97. The second-order valence-corrected chi connectivity index (χ2v) is 8.11. The van der Waals surface area contributed by atoms with E-state index >= 15 is 0 Å². The monoisotopic (exact) mass is 417 g/mol. The summed E-state index contributed by atoms with van der Waals surface area (Å²) in [6, 6.07) is 19.0. The van der Waals surface area contributed by atoms with Crippen LogP contribution in [0.3, 0.4) is 0 Å². The molecule has 0 aliphatic heterocycles. The van der Waals surface area contributed by atoms with E-state index < -0.39 is 17.1 Å². The van der Waals surface area contributed by atoms with Crippen LogP contribution in [0.25, 0.3) is 0 Å². The Morgan fingerprint density at radius 1 is 1.17 bits per heavy atom. The van der Waals surface area contributed by atoms with Crippen LogP contribution in [-0.2, 0) is 4.74 Å². The van der Waals surface area contributed by atoms with E-state index in [9.17, 15) is 14.0 Å². The quantitative estimate of drug-likeness (QED) is 0.502. The summed E-state index contributed by atoms with van der Waals surface area (Å²) in [4.78, 5) is 0. The fourth-order valence-electron chi connectivity index (χ4n) is 3.78. The van der Waals surface area contributed by atoms with Gasteiger partial charge in [0.1, 0.15) is 16.5 Å². The highest BCUT2D eigenvalue weighted by Crippen LogP contribution is 2.65. The molecule has 1 fully saturated rings. The number of halogens is 3. The molecule has 0 saturated heterocycles. The van der Waals surface area contributed by atoms with E-state index in [1.807, 2.05) is 68.4 Å². The molecule has 0 heterocycles. The summed E-state index contributed by atoms with van der Waals surface area (Å²) >= 11 is 5.79. The molecule has 1 aliphatic carbocycles. The Balaban J connectivity index is 1.84. The number of para-hydroxylation sites is 1. The summed E-state index contributed by atoms with van der Waals surface area (Å²) in [7, 11) is 0.905. The van der Waals surface area contributed by atoms with Crippen LogP contribution in [0.15, 0.2) is 65.7 Å². The lowest BCUT2D eigenvalue weighted by molar-refractivity contribution is -0.184. The minimum Gasteiger partial charge on any atom is -0.457 e. The maximum Gasteiger partial charge on any atom is 0.393 e. The number of benzene rings is 2. The molecule has 1 aliphatic rings. The van der Waals surface area contributed by atoms with Crippen LogP contribution < -0.4 is 4.74 Å². The minimum absolute atomic E-state index is 0.152. The van der Waals surface area contributed by atoms with Crippen molar-refractivity contribution in [3.05, 3.63) is 71.3 Å². The van der Waals surface area contributed by atoms with Crippen LogP contribution in [0.5, 0.6) is 11.5 Å². The van der Waals surface area contributed by atoms with Crippen LogP contribution >= 0.6 is 11.6 Å². The average Bonchev–Trinajstić information content (AvgIpc) is 3.23. The molecule has 2 aromatic rings. The first-order valence-electron chi connectivity index (χ1n) is 9.24. The Bertz CT molecular complexity index is 937. The summed E-state index contributed by atoms with van der Waals surface area (Å²) in [6.07, 6.45) is -2.21. The van der Waals surface area contributed by atoms with E-state index in [0.717, 1.165) is 12.7 Å². The van der Waals surface area contributed by atoms with Crippen molar-refractivity contribution < 1.29 is 18.3 Å². The number of nitrogens with zero attached hydrogens (tertiary/aromatic N) is 1. The van der Waals surface area contributed by atoms with Crippen LogP contribution in [0, 0.1) is 28.6 Å². The number of rotatable bonds is 7. The standard InChI is InChI=1S/C23H22ClF2NO2/c1-22(2)19(13-20(24)23(25,26)28-3)21(22)18(14-27)15-8-7-11-17(12-15)29-16-9-5-4-6-10-16/h4-13,18-19,21H,1-3H3/t18?,19-,21-/m0/s1. The van der Waals surface area contributed by atoms with Crippen molar-refractivity contribution in [1.29, 1.82) is 5.26 Å². The van der Waals surface area contributed by atoms with Crippen molar-refractivity contribution in [2.24, 2.45) is 17.3 Å². The molecule has 6 heteroatoms. The average molecular weight is 418 g/mol. The lowest BCUT2D eigenvalue weighted by atomic mass is 9.91. The van der Waals surface area contributed by atoms with E-state index in [0.29, 0.717) is 11.5 Å². The van der Waals surface area contributed by atoms with Crippen molar-refractivity contribution in [3.63, 3.8) is 0 Å². The molecule has 0 spiro atoms. The summed E-state index contributed by atoms with van der Waals surface area (Å²) in [5, 5.41) is 9.19. The van der Waals surface area contributed by atoms with Crippen LogP contribution in [0.4, 0.5) is 8.78 Å². The van der Waals surface area contributed by atoms with Gasteiger partial charge in [-0.1, -0.05) is 61.9 Å². The molecule has 3 atom stereocenters. The normalized spacial score (nSPS) is 21.9. The summed E-state index contributed by atoms with van der Waals surface area (Å²) in [5.41, 5.74) is 0.435. The number of allylic oxidation sites excluding steroid dienone is 1. The first kappa shape index (κ1) is 21.3. The summed E-state index contributed by atoms with van der Waals surface area (Å²) in [6.45, 7) is 3.89. The van der Waals surface area contributed by atoms with Crippen molar-refractivity contribution in [2.45, 2.75) is 25.9 Å². The number of hydrogen-bond acceptors (Lipinski definition) is 3. The van der Waals surface area contributed by atoms with Crippen LogP contribution in [-0.4, -0.2) is 13.2 Å². The fraction of sp³-hybridized carbons (Fsp3) is 0.348. The molecule has 152 valence electrons. The lowest BCUT2D eigenvalue weighted by Gasteiger charge is -2.13. The molecule has 0 bridgehead atoms. The molecule has 0 radical (unpaired) electrons. The maximum absolute atomic E-state index is 13.7. The van der Waals surface area contributed by atoms with Gasteiger partial charge in [0.25, 0.3) is 0 Å². The largest absolute Gasteiger partial charge is 0.457 e. The smallest absolute Gasteiger partial charge is 0.393 e. The Morgan fingerprint density at radius 2 is 1.83 bits per heavy atom. The Labute approximate surface area is 174 Å². The Morgan fingerprint density at radius 3 is 2.45 bits per heavy atom. The third-order valence-corrected chi connectivity index (χ3v) is 5.90. The first-order valence-corrected chi connectivity index (χ1v) is 9.61. The van der Waals surface area contributed by atoms with E-state index in [-0.39, 0.29) is 17.3 Å². The third kappa shape index (κ3) is 4.44. The number of hydrogen-bond donors (Lipinski definition) is 0. The van der Waals surface area contributed by atoms with Gasteiger partial charge in [-0.15, -0.1) is 0 Å². The number of alkyl halides is 2. The van der Waals surface area contributed by atoms with E-state index in [1.54, 1.807) is 0 Å². The van der Waals surface area contributed by atoms with Crippen LogP contribution in [0.1, 0.15) is 25.3 Å². The SMILES string of the molecule is COC(F)(F)C(Cl)=C[C@H]1[C@H](C(C#N)c2cccc(Oc3ccccc3)c2)C1(C)C. The molecule has 0 N–H and O–H groups in total. The van der Waals surface area contributed by atoms with Crippen LogP contribution in [0.2, 0.25) is 0 Å². The van der Waals surface area contributed by atoms with Gasteiger partial charge in [-0.05, 0) is 47.1 Å². The van der Waals surface area contributed by atoms with E-state index in [1.165, 1.54) is 6.08 Å². The molecule has 3 rings (SSSR count). The van der Waals surface area contributed by atoms with Gasteiger partial charge in [-0.2, -0.15) is 14.0 Å². The first-order chi connectivity index (χ1) is 13.7. The highest BCUT2D eigenvalue weighted by Gasteiger charge is 2.60. The molecule has 1 unspecified atom stereocenters. The lowest BCUT2D eigenvalue weighted by Crippen LogP contribution is -2.19. The van der Waals surface area contributed by atoms with Gasteiger partial charge >= 0.3 is 6.11 Å². The molecule has 2 aromatic carbocycles. The highest BCUT2D eigenvalue weighted by atomic mass is 35.5. The molecule has 1 saturated carbocycles. The fourth-order valence-corrected chi connectivity index (χ4v) is 4.00. The topological polar surface area (TPSA) is 42.2 Å². The van der Waals surface area contributed by atoms with Gasteiger partial charge in [0.05, 0.1) is 12.0 Å². The Hall–Kier alpha value is -2.42. The minimum atomic E-state index is -3.53. The molecule has 0 aromatic heterocycles. The van der Waals surface area contributed by atoms with Crippen molar-refractivity contribution >= 4 is 11.6 Å². The van der Waals surface area contributed by atoms with Gasteiger partial charge in [0.15, 0.2) is 0 Å². The van der Waals surface area contributed by atoms with Crippen molar-refractivity contribution in [2.75, 3.05) is 7.11 Å². The van der Waals surface area contributed by atoms with Crippen molar-refractivity contribution in [3.8, 4) is 17.6 Å². The van der Waals surface area contributed by atoms with Crippen molar-refractivity contribution in [1.82, 2.24) is 0 Å². The summed E-state index contributed by atoms with van der Waals surface area (Å²) < 4.78 is 37.4. The molecule has 3 nitrogen and oxygen atoms in total. The maximum atomic E-state index is 13.7. The van der Waals surface area contributed by atoms with Gasteiger partial charge in [-0.3, -0.25) is 0 Å². The zero-order valence-corrected chi connectivity index (χ0v) is 17.2. The second kappa shape index (κ2) is 8.14. The summed E-state index contributed by atoms with van der Waals surface area (Å²) in [5.74, 6) is 0.411.